The zero-order chi connectivity index (χ0) is 21.5. The van der Waals surface area contributed by atoms with Gasteiger partial charge in [-0.15, -0.1) is 0 Å². The summed E-state index contributed by atoms with van der Waals surface area (Å²) in [5, 5.41) is 14.2. The maximum atomic E-state index is 12.5. The van der Waals surface area contributed by atoms with Crippen molar-refractivity contribution in [3.05, 3.63) is 51.4 Å². The lowest BCUT2D eigenvalue weighted by atomic mass is 10.2. The lowest BCUT2D eigenvalue weighted by Gasteiger charge is -2.36. The summed E-state index contributed by atoms with van der Waals surface area (Å²) in [7, 11) is 1.77. The molecule has 11 heteroatoms. The SMILES string of the molecule is Cn1ncc2c(=O)[nH]c(N3CCN(c4ccc5c(=O)n(CCO)cnc5c4)CC3)nc21. The Morgan fingerprint density at radius 3 is 2.65 bits per heavy atom. The Kier molecular flexibility index (Phi) is 4.66. The van der Waals surface area contributed by atoms with Crippen LogP contribution in [0.15, 0.2) is 40.3 Å². The Hall–Kier alpha value is -3.73. The highest BCUT2D eigenvalue weighted by atomic mass is 16.3. The smallest absolute Gasteiger partial charge is 0.263 e. The maximum absolute atomic E-state index is 12.5. The topological polar surface area (TPSA) is 125 Å². The minimum Gasteiger partial charge on any atom is -0.395 e. The van der Waals surface area contributed by atoms with Crippen molar-refractivity contribution in [2.75, 3.05) is 42.6 Å². The number of H-pyrrole nitrogens is 1. The Balaban J connectivity index is 1.36. The van der Waals surface area contributed by atoms with Gasteiger partial charge < -0.3 is 14.9 Å². The highest BCUT2D eigenvalue weighted by molar-refractivity contribution is 5.81. The van der Waals surface area contributed by atoms with Gasteiger partial charge in [0.15, 0.2) is 5.65 Å². The average Bonchev–Trinajstić information content (AvgIpc) is 3.17. The highest BCUT2D eigenvalue weighted by Crippen LogP contribution is 2.22. The second kappa shape index (κ2) is 7.51. The van der Waals surface area contributed by atoms with Gasteiger partial charge in [-0.05, 0) is 18.2 Å². The quantitative estimate of drug-likeness (QED) is 0.459. The zero-order valence-corrected chi connectivity index (χ0v) is 17.0. The molecular weight excluding hydrogens is 400 g/mol. The van der Waals surface area contributed by atoms with E-state index in [9.17, 15) is 9.59 Å². The van der Waals surface area contributed by atoms with Crippen LogP contribution < -0.4 is 20.9 Å². The molecule has 5 rings (SSSR count). The van der Waals surface area contributed by atoms with Gasteiger partial charge >= 0.3 is 0 Å². The van der Waals surface area contributed by atoms with Crippen LogP contribution in [0.4, 0.5) is 11.6 Å². The van der Waals surface area contributed by atoms with Gasteiger partial charge in [-0.3, -0.25) is 23.8 Å². The Labute approximate surface area is 176 Å². The third-order valence-electron chi connectivity index (χ3n) is 5.68. The van der Waals surface area contributed by atoms with Crippen molar-refractivity contribution < 1.29 is 5.11 Å². The number of nitrogens with zero attached hydrogens (tertiary/aromatic N) is 7. The van der Waals surface area contributed by atoms with E-state index in [4.69, 9.17) is 5.11 Å². The van der Waals surface area contributed by atoms with E-state index >= 15 is 0 Å². The van der Waals surface area contributed by atoms with Crippen molar-refractivity contribution in [3.63, 3.8) is 0 Å². The largest absolute Gasteiger partial charge is 0.395 e. The minimum atomic E-state index is -0.192. The first-order valence-corrected chi connectivity index (χ1v) is 10.1. The van der Waals surface area contributed by atoms with Crippen LogP contribution in [-0.4, -0.2) is 67.2 Å². The highest BCUT2D eigenvalue weighted by Gasteiger charge is 2.21. The van der Waals surface area contributed by atoms with Crippen LogP contribution in [0.25, 0.3) is 21.9 Å². The molecule has 1 saturated heterocycles. The summed E-state index contributed by atoms with van der Waals surface area (Å²) in [6.45, 7) is 2.97. The standard InChI is InChI=1S/C20H22N8O3/c1-25-17-15(11-22-25)18(30)24-20(23-17)27-6-4-26(5-7-27)13-2-3-14-16(10-13)21-12-28(8-9-29)19(14)31/h2-3,10-12,29H,4-9H2,1H3,(H,23,24,30). The molecule has 0 saturated carbocycles. The number of hydrogen-bond acceptors (Lipinski definition) is 8. The number of rotatable bonds is 4. The van der Waals surface area contributed by atoms with Crippen molar-refractivity contribution >= 4 is 33.6 Å². The lowest BCUT2D eigenvalue weighted by molar-refractivity contribution is 0.274. The van der Waals surface area contributed by atoms with E-state index in [1.165, 1.54) is 17.1 Å². The molecule has 1 fully saturated rings. The maximum Gasteiger partial charge on any atom is 0.263 e. The number of aliphatic hydroxyl groups excluding tert-OH is 1. The molecule has 0 atom stereocenters. The zero-order valence-electron chi connectivity index (χ0n) is 17.0. The van der Waals surface area contributed by atoms with Crippen LogP contribution in [-0.2, 0) is 13.6 Å². The molecule has 1 aliphatic heterocycles. The molecule has 160 valence electrons. The number of nitrogens with one attached hydrogen (secondary N) is 1. The summed E-state index contributed by atoms with van der Waals surface area (Å²) >= 11 is 0. The van der Waals surface area contributed by atoms with Crippen molar-refractivity contribution in [1.82, 2.24) is 29.3 Å². The summed E-state index contributed by atoms with van der Waals surface area (Å²) in [6.07, 6.45) is 2.99. The Bertz CT molecular complexity index is 1380. The van der Waals surface area contributed by atoms with Gasteiger partial charge in [-0.2, -0.15) is 10.1 Å². The fourth-order valence-electron chi connectivity index (χ4n) is 3.96. The summed E-state index contributed by atoms with van der Waals surface area (Å²) in [4.78, 5) is 40.9. The predicted octanol–water partition coefficient (Wildman–Crippen LogP) is -0.315. The van der Waals surface area contributed by atoms with E-state index in [1.54, 1.807) is 17.8 Å². The fraction of sp³-hybridized carbons (Fsp3) is 0.350. The molecule has 0 spiro atoms. The van der Waals surface area contributed by atoms with Crippen molar-refractivity contribution in [3.8, 4) is 0 Å². The minimum absolute atomic E-state index is 0.108. The molecule has 1 aromatic carbocycles. The first-order valence-electron chi connectivity index (χ1n) is 10.1. The monoisotopic (exact) mass is 422 g/mol. The van der Waals surface area contributed by atoms with Gasteiger partial charge in [0.25, 0.3) is 11.1 Å². The molecule has 0 aliphatic carbocycles. The number of anilines is 2. The first kappa shape index (κ1) is 19.2. The van der Waals surface area contributed by atoms with Gasteiger partial charge in [0.05, 0.1) is 36.6 Å². The van der Waals surface area contributed by atoms with Gasteiger partial charge in [0, 0.05) is 38.9 Å². The fourth-order valence-corrected chi connectivity index (χ4v) is 3.96. The number of aliphatic hydroxyl groups is 1. The molecule has 1 aliphatic rings. The number of fused-ring (bicyclic) bond motifs is 2. The number of aromatic nitrogens is 6. The lowest BCUT2D eigenvalue weighted by Crippen LogP contribution is -2.47. The van der Waals surface area contributed by atoms with E-state index < -0.39 is 0 Å². The molecular formula is C20H22N8O3. The van der Waals surface area contributed by atoms with Crippen LogP contribution in [0.2, 0.25) is 0 Å². The third kappa shape index (κ3) is 3.32. The average molecular weight is 422 g/mol. The van der Waals surface area contributed by atoms with Crippen LogP contribution in [0.3, 0.4) is 0 Å². The van der Waals surface area contributed by atoms with E-state index in [0.29, 0.717) is 41.0 Å². The van der Waals surface area contributed by atoms with Crippen LogP contribution in [0.1, 0.15) is 0 Å². The number of aryl methyl sites for hydroxylation is 1. The van der Waals surface area contributed by atoms with E-state index in [1.807, 2.05) is 12.1 Å². The summed E-state index contributed by atoms with van der Waals surface area (Å²) < 4.78 is 3.01. The Morgan fingerprint density at radius 2 is 1.87 bits per heavy atom. The van der Waals surface area contributed by atoms with Gasteiger partial charge in [-0.25, -0.2) is 4.98 Å². The summed E-state index contributed by atoms with van der Waals surface area (Å²) in [5.74, 6) is 0.547. The van der Waals surface area contributed by atoms with Gasteiger partial charge in [0.2, 0.25) is 5.95 Å². The van der Waals surface area contributed by atoms with E-state index in [0.717, 1.165) is 18.8 Å². The molecule has 0 radical (unpaired) electrons. The van der Waals surface area contributed by atoms with Crippen molar-refractivity contribution in [1.29, 1.82) is 0 Å². The molecule has 0 amide bonds. The molecule has 31 heavy (non-hydrogen) atoms. The molecule has 3 aromatic heterocycles. The molecule has 4 aromatic rings. The molecule has 0 bridgehead atoms. The van der Waals surface area contributed by atoms with Crippen LogP contribution >= 0.6 is 0 Å². The second-order valence-electron chi connectivity index (χ2n) is 7.54. The molecule has 11 nitrogen and oxygen atoms in total. The number of aromatic amines is 1. The normalized spacial score (nSPS) is 14.6. The number of piperazine rings is 1. The number of hydrogen-bond donors (Lipinski definition) is 2. The Morgan fingerprint density at radius 1 is 1.10 bits per heavy atom. The second-order valence-corrected chi connectivity index (χ2v) is 7.54. The van der Waals surface area contributed by atoms with E-state index in [-0.39, 0.29) is 24.3 Å². The van der Waals surface area contributed by atoms with E-state index in [2.05, 4.69) is 29.9 Å². The van der Waals surface area contributed by atoms with Crippen molar-refractivity contribution in [2.45, 2.75) is 6.54 Å². The number of benzene rings is 1. The third-order valence-corrected chi connectivity index (χ3v) is 5.68. The van der Waals surface area contributed by atoms with Gasteiger partial charge in [0.1, 0.15) is 5.39 Å². The summed E-state index contributed by atoms with van der Waals surface area (Å²) in [6, 6.07) is 5.62. The predicted molar refractivity (Wildman–Crippen MR) is 117 cm³/mol. The summed E-state index contributed by atoms with van der Waals surface area (Å²) in [5.41, 5.74) is 1.84. The molecule has 4 heterocycles. The molecule has 2 N–H and O–H groups in total. The molecule has 0 unspecified atom stereocenters. The first-order chi connectivity index (χ1) is 15.0. The van der Waals surface area contributed by atoms with Gasteiger partial charge in [-0.1, -0.05) is 0 Å². The van der Waals surface area contributed by atoms with Crippen LogP contribution in [0.5, 0.6) is 0 Å². The van der Waals surface area contributed by atoms with Crippen molar-refractivity contribution in [2.24, 2.45) is 7.05 Å². The van der Waals surface area contributed by atoms with Crippen LogP contribution in [0, 0.1) is 0 Å².